The lowest BCUT2D eigenvalue weighted by molar-refractivity contribution is -0.131. The fraction of sp³-hybridized carbons (Fsp3) is 0.357. The highest BCUT2D eigenvalue weighted by Gasteiger charge is 2.11. The Bertz CT molecular complexity index is 465. The smallest absolute Gasteiger partial charge is 0.327 e. The first kappa shape index (κ1) is 14.9. The average molecular weight is 266 g/mol. The number of hydrogen-bond acceptors (Lipinski definition) is 4. The molecule has 19 heavy (non-hydrogen) atoms. The maximum atomic E-state index is 10.4. The van der Waals surface area contributed by atoms with Crippen LogP contribution in [0.3, 0.4) is 0 Å². The molecule has 0 saturated heterocycles. The molecule has 0 amide bonds. The van der Waals surface area contributed by atoms with Crippen LogP contribution in [0.5, 0.6) is 17.2 Å². The van der Waals surface area contributed by atoms with Crippen LogP contribution in [0.4, 0.5) is 0 Å². The highest BCUT2D eigenvalue weighted by atomic mass is 16.5. The predicted octanol–water partition coefficient (Wildman–Crippen LogP) is 2.29. The van der Waals surface area contributed by atoms with E-state index in [-0.39, 0.29) is 0 Å². The largest absolute Gasteiger partial charge is 0.496 e. The molecule has 1 N–H and O–H groups in total. The minimum Gasteiger partial charge on any atom is -0.496 e. The molecule has 0 aromatic heterocycles. The molecule has 104 valence electrons. The quantitative estimate of drug-likeness (QED) is 0.767. The number of ether oxygens (including phenoxy) is 3. The molecule has 0 radical (unpaired) electrons. The summed E-state index contributed by atoms with van der Waals surface area (Å²) < 4.78 is 15.7. The molecule has 1 rings (SSSR count). The van der Waals surface area contributed by atoms with Gasteiger partial charge in [-0.25, -0.2) is 4.79 Å². The summed E-state index contributed by atoms with van der Waals surface area (Å²) in [7, 11) is 4.71. The molecule has 0 fully saturated rings. The highest BCUT2D eigenvalue weighted by molar-refractivity contribution is 5.79. The topological polar surface area (TPSA) is 65.0 Å². The third-order valence-electron chi connectivity index (χ3n) is 2.63. The van der Waals surface area contributed by atoms with E-state index in [1.807, 2.05) is 6.07 Å². The number of benzene rings is 1. The first-order valence-electron chi connectivity index (χ1n) is 5.80. The number of aryl methyl sites for hydroxylation is 1. The van der Waals surface area contributed by atoms with Crippen LogP contribution >= 0.6 is 0 Å². The lowest BCUT2D eigenvalue weighted by Gasteiger charge is -2.13. The Kier molecular flexibility index (Phi) is 5.73. The van der Waals surface area contributed by atoms with Crippen molar-refractivity contribution >= 4 is 5.97 Å². The van der Waals surface area contributed by atoms with E-state index in [9.17, 15) is 4.79 Å². The Hall–Kier alpha value is -2.17. The van der Waals surface area contributed by atoms with E-state index in [0.29, 0.717) is 30.1 Å². The number of rotatable bonds is 7. The normalized spacial score (nSPS) is 10.5. The van der Waals surface area contributed by atoms with Crippen molar-refractivity contribution in [2.24, 2.45) is 0 Å². The summed E-state index contributed by atoms with van der Waals surface area (Å²) >= 11 is 0. The molecule has 5 heteroatoms. The first-order chi connectivity index (χ1) is 9.12. The van der Waals surface area contributed by atoms with Gasteiger partial charge < -0.3 is 19.3 Å². The molecular weight excluding hydrogens is 248 g/mol. The van der Waals surface area contributed by atoms with Crippen molar-refractivity contribution in [1.82, 2.24) is 0 Å². The van der Waals surface area contributed by atoms with Crippen molar-refractivity contribution in [1.29, 1.82) is 0 Å². The van der Waals surface area contributed by atoms with Crippen LogP contribution in [0.2, 0.25) is 0 Å². The summed E-state index contributed by atoms with van der Waals surface area (Å²) in [6, 6.07) is 3.60. The number of methoxy groups -OCH3 is 3. The Balaban J connectivity index is 2.89. The molecule has 0 unspecified atom stereocenters. The average Bonchev–Trinajstić information content (AvgIpc) is 2.42. The number of carboxylic acids is 1. The van der Waals surface area contributed by atoms with Gasteiger partial charge in [0.15, 0.2) is 11.5 Å². The van der Waals surface area contributed by atoms with Crippen molar-refractivity contribution in [3.63, 3.8) is 0 Å². The van der Waals surface area contributed by atoms with Crippen LogP contribution in [0.25, 0.3) is 0 Å². The fourth-order valence-electron chi connectivity index (χ4n) is 1.71. The molecule has 0 saturated carbocycles. The van der Waals surface area contributed by atoms with E-state index in [1.165, 1.54) is 0 Å². The molecule has 5 nitrogen and oxygen atoms in total. The predicted molar refractivity (Wildman–Crippen MR) is 71.2 cm³/mol. The molecule has 0 bridgehead atoms. The van der Waals surface area contributed by atoms with Crippen molar-refractivity contribution in [3.8, 4) is 17.2 Å². The van der Waals surface area contributed by atoms with Crippen molar-refractivity contribution in [2.45, 2.75) is 12.8 Å². The Labute approximate surface area is 112 Å². The molecule has 0 spiro atoms. The third kappa shape index (κ3) is 4.21. The van der Waals surface area contributed by atoms with Gasteiger partial charge in [0, 0.05) is 12.1 Å². The summed E-state index contributed by atoms with van der Waals surface area (Å²) in [5.74, 6) is 0.977. The molecule has 1 aromatic carbocycles. The minimum absolute atomic E-state index is 0.601. The van der Waals surface area contributed by atoms with Gasteiger partial charge in [-0.2, -0.15) is 0 Å². The van der Waals surface area contributed by atoms with Crippen LogP contribution < -0.4 is 14.2 Å². The lowest BCUT2D eigenvalue weighted by atomic mass is 10.1. The summed E-state index contributed by atoms with van der Waals surface area (Å²) in [4.78, 5) is 10.4. The molecule has 0 aliphatic rings. The maximum absolute atomic E-state index is 10.4. The van der Waals surface area contributed by atoms with Gasteiger partial charge in [-0.1, -0.05) is 6.08 Å². The monoisotopic (exact) mass is 266 g/mol. The Morgan fingerprint density at radius 2 is 1.68 bits per heavy atom. The van der Waals surface area contributed by atoms with Gasteiger partial charge in [0.05, 0.1) is 21.3 Å². The molecule has 0 aliphatic carbocycles. The SMILES string of the molecule is COc1cc(OC)c(OC)cc1CC/C=C/C(=O)O. The summed E-state index contributed by atoms with van der Waals surface area (Å²) in [6.45, 7) is 0. The number of allylic oxidation sites excluding steroid dienone is 1. The zero-order chi connectivity index (χ0) is 14.3. The van der Waals surface area contributed by atoms with E-state index in [4.69, 9.17) is 19.3 Å². The van der Waals surface area contributed by atoms with Gasteiger partial charge in [-0.05, 0) is 24.5 Å². The van der Waals surface area contributed by atoms with Gasteiger partial charge in [0.1, 0.15) is 5.75 Å². The van der Waals surface area contributed by atoms with Gasteiger partial charge in [-0.15, -0.1) is 0 Å². The lowest BCUT2D eigenvalue weighted by Crippen LogP contribution is -1.97. The van der Waals surface area contributed by atoms with Crippen molar-refractivity contribution in [3.05, 3.63) is 29.8 Å². The Morgan fingerprint density at radius 1 is 1.11 bits per heavy atom. The molecule has 0 aliphatic heterocycles. The van der Waals surface area contributed by atoms with Crippen LogP contribution in [0.1, 0.15) is 12.0 Å². The van der Waals surface area contributed by atoms with E-state index in [0.717, 1.165) is 11.6 Å². The highest BCUT2D eigenvalue weighted by Crippen LogP contribution is 2.35. The van der Waals surface area contributed by atoms with Crippen LogP contribution in [0, 0.1) is 0 Å². The molecule has 0 atom stereocenters. The zero-order valence-corrected chi connectivity index (χ0v) is 11.3. The second-order valence-corrected chi connectivity index (χ2v) is 3.80. The fourth-order valence-corrected chi connectivity index (χ4v) is 1.71. The standard InChI is InChI=1S/C14H18O5/c1-17-11-9-13(19-3)12(18-2)8-10(11)6-4-5-7-14(15)16/h5,7-9H,4,6H2,1-3H3,(H,15,16)/b7-5+. The molecular formula is C14H18O5. The van der Waals surface area contributed by atoms with Crippen LogP contribution in [0.15, 0.2) is 24.3 Å². The van der Waals surface area contributed by atoms with E-state index >= 15 is 0 Å². The minimum atomic E-state index is -0.945. The summed E-state index contributed by atoms with van der Waals surface area (Å²) in [6.07, 6.45) is 4.01. The van der Waals surface area contributed by atoms with E-state index < -0.39 is 5.97 Å². The zero-order valence-electron chi connectivity index (χ0n) is 11.3. The van der Waals surface area contributed by atoms with Gasteiger partial charge >= 0.3 is 5.97 Å². The molecule has 0 heterocycles. The summed E-state index contributed by atoms with van der Waals surface area (Å²) in [5, 5.41) is 8.51. The third-order valence-corrected chi connectivity index (χ3v) is 2.63. The van der Waals surface area contributed by atoms with Gasteiger partial charge in [0.25, 0.3) is 0 Å². The van der Waals surface area contributed by atoms with Crippen molar-refractivity contribution < 1.29 is 24.1 Å². The van der Waals surface area contributed by atoms with Gasteiger partial charge in [-0.3, -0.25) is 0 Å². The molecule has 1 aromatic rings. The number of carboxylic acid groups (broad SMARTS) is 1. The second-order valence-electron chi connectivity index (χ2n) is 3.80. The second kappa shape index (κ2) is 7.31. The van der Waals surface area contributed by atoms with E-state index in [1.54, 1.807) is 33.5 Å². The number of carbonyl (C=O) groups is 1. The van der Waals surface area contributed by atoms with Gasteiger partial charge in [0.2, 0.25) is 0 Å². The first-order valence-corrected chi connectivity index (χ1v) is 5.80. The van der Waals surface area contributed by atoms with Crippen LogP contribution in [-0.2, 0) is 11.2 Å². The van der Waals surface area contributed by atoms with E-state index in [2.05, 4.69) is 0 Å². The number of aliphatic carboxylic acids is 1. The summed E-state index contributed by atoms with van der Waals surface area (Å²) in [5.41, 5.74) is 0.940. The maximum Gasteiger partial charge on any atom is 0.327 e. The number of hydrogen-bond donors (Lipinski definition) is 1. The Morgan fingerprint density at radius 3 is 2.21 bits per heavy atom. The van der Waals surface area contributed by atoms with Crippen LogP contribution in [-0.4, -0.2) is 32.4 Å². The van der Waals surface area contributed by atoms with Crippen molar-refractivity contribution in [2.75, 3.05) is 21.3 Å².